The lowest BCUT2D eigenvalue weighted by Crippen LogP contribution is -2.49. The Kier molecular flexibility index (Phi) is 5.44. The van der Waals surface area contributed by atoms with E-state index in [-0.39, 0.29) is 16.8 Å². The average molecular weight is 544 g/mol. The molecule has 1 aromatic carbocycles. The zero-order valence-electron chi connectivity index (χ0n) is 19.5. The molecule has 4 fully saturated rings. The summed E-state index contributed by atoms with van der Waals surface area (Å²) in [5, 5.41) is 6.44. The Hall–Kier alpha value is -2.06. The number of aromatic nitrogens is 3. The largest absolute Gasteiger partial charge is 0.370 e. The van der Waals surface area contributed by atoms with Crippen molar-refractivity contribution in [2.24, 2.45) is 0 Å². The molecule has 4 aromatic rings. The van der Waals surface area contributed by atoms with Crippen molar-refractivity contribution in [3.05, 3.63) is 62.8 Å². The fourth-order valence-corrected chi connectivity index (χ4v) is 7.81. The van der Waals surface area contributed by atoms with Crippen LogP contribution in [0.5, 0.6) is 0 Å². The summed E-state index contributed by atoms with van der Waals surface area (Å²) in [6, 6.07) is 4.88. The van der Waals surface area contributed by atoms with E-state index in [1.165, 1.54) is 6.07 Å². The molecule has 0 unspecified atom stereocenters. The van der Waals surface area contributed by atoms with Crippen LogP contribution >= 0.6 is 34.5 Å². The van der Waals surface area contributed by atoms with E-state index >= 15 is 0 Å². The van der Waals surface area contributed by atoms with E-state index in [4.69, 9.17) is 37.4 Å². The van der Waals surface area contributed by atoms with Gasteiger partial charge in [-0.05, 0) is 69.6 Å². The van der Waals surface area contributed by atoms with Crippen LogP contribution in [-0.2, 0) is 16.8 Å². The molecule has 2 bridgehead atoms. The lowest BCUT2D eigenvalue weighted by Gasteiger charge is -2.52. The minimum atomic E-state index is -0.206. The molecule has 4 aliphatic carbocycles. The Morgan fingerprint density at radius 1 is 1.06 bits per heavy atom. The van der Waals surface area contributed by atoms with Gasteiger partial charge in [0.15, 0.2) is 0 Å². The van der Waals surface area contributed by atoms with Crippen molar-refractivity contribution >= 4 is 44.8 Å². The van der Waals surface area contributed by atoms with Gasteiger partial charge in [0, 0.05) is 34.9 Å². The maximum atomic E-state index is 13.7. The molecule has 0 radical (unpaired) electrons. The molecule has 4 saturated carbocycles. The van der Waals surface area contributed by atoms with Gasteiger partial charge in [0.2, 0.25) is 0 Å². The third-order valence-corrected chi connectivity index (χ3v) is 10.2. The van der Waals surface area contributed by atoms with Gasteiger partial charge in [-0.25, -0.2) is 9.37 Å². The summed E-state index contributed by atoms with van der Waals surface area (Å²) in [7, 11) is 0. The highest BCUT2D eigenvalue weighted by Crippen LogP contribution is 2.56. The van der Waals surface area contributed by atoms with Gasteiger partial charge in [-0.2, -0.15) is 0 Å². The first kappa shape index (κ1) is 23.1. The molecule has 0 spiro atoms. The molecule has 3 aromatic heterocycles. The highest BCUT2D eigenvalue weighted by Gasteiger charge is 2.51. The van der Waals surface area contributed by atoms with Crippen LogP contribution in [0.3, 0.4) is 0 Å². The number of benzene rings is 1. The van der Waals surface area contributed by atoms with Crippen LogP contribution in [0.25, 0.3) is 21.5 Å². The summed E-state index contributed by atoms with van der Waals surface area (Å²) in [6.45, 7) is 0.424. The molecule has 36 heavy (non-hydrogen) atoms. The molecule has 0 N–H and O–H groups in total. The van der Waals surface area contributed by atoms with E-state index < -0.39 is 0 Å². The van der Waals surface area contributed by atoms with Crippen LogP contribution in [-0.4, -0.2) is 20.7 Å². The SMILES string of the molecule is Fc1ccc2nc(C34CCC(OCc5c(-c6c(Cl)cncc6Cl)noc5C5CC5)(CC3)CC4)sc2c1. The fourth-order valence-electron chi connectivity index (χ4n) is 6.00. The quantitative estimate of drug-likeness (QED) is 0.245. The number of ether oxygens (including phenoxy) is 1. The Bertz CT molecular complexity index is 1440. The first-order valence-electron chi connectivity index (χ1n) is 12.4. The van der Waals surface area contributed by atoms with Gasteiger partial charge >= 0.3 is 0 Å². The van der Waals surface area contributed by atoms with Gasteiger partial charge < -0.3 is 9.26 Å². The Morgan fingerprint density at radius 3 is 2.47 bits per heavy atom. The van der Waals surface area contributed by atoms with E-state index in [1.54, 1.807) is 35.9 Å². The van der Waals surface area contributed by atoms with E-state index in [0.717, 1.165) is 77.9 Å². The maximum absolute atomic E-state index is 13.7. The van der Waals surface area contributed by atoms with Crippen LogP contribution < -0.4 is 0 Å². The Labute approximate surface area is 222 Å². The molecular weight excluding hydrogens is 520 g/mol. The number of hydrogen-bond donors (Lipinski definition) is 0. The summed E-state index contributed by atoms with van der Waals surface area (Å²) >= 11 is 14.6. The zero-order valence-corrected chi connectivity index (χ0v) is 21.9. The topological polar surface area (TPSA) is 61.0 Å². The molecule has 4 aliphatic rings. The van der Waals surface area contributed by atoms with Gasteiger partial charge in [-0.1, -0.05) is 28.4 Å². The summed E-state index contributed by atoms with van der Waals surface area (Å²) in [5.74, 6) is 1.08. The van der Waals surface area contributed by atoms with Gasteiger partial charge in [0.05, 0.1) is 37.5 Å². The van der Waals surface area contributed by atoms with E-state index in [2.05, 4.69) is 10.1 Å². The van der Waals surface area contributed by atoms with Crippen LogP contribution in [0, 0.1) is 5.82 Å². The standard InChI is InChI=1S/C27H24Cl2FN3O2S/c28-18-12-31-13-19(29)22(18)23-17(24(35-33-23)15-1-2-15)14-34-27-8-5-26(6-9-27,7-10-27)25-32-20-4-3-16(30)11-21(20)36-25/h3-4,11-13,15H,1-2,5-10,14H2. The molecule has 9 heteroatoms. The minimum absolute atomic E-state index is 0.0743. The first-order valence-corrected chi connectivity index (χ1v) is 14.0. The molecular formula is C27H24Cl2FN3O2S. The molecule has 8 rings (SSSR count). The van der Waals surface area contributed by atoms with Crippen molar-refractivity contribution in [2.75, 3.05) is 0 Å². The third-order valence-electron chi connectivity index (χ3n) is 8.36. The van der Waals surface area contributed by atoms with Crippen molar-refractivity contribution in [1.82, 2.24) is 15.1 Å². The van der Waals surface area contributed by atoms with Crippen molar-refractivity contribution in [3.8, 4) is 11.3 Å². The smallest absolute Gasteiger partial charge is 0.145 e. The van der Waals surface area contributed by atoms with Gasteiger partial charge in [0.1, 0.15) is 17.3 Å². The van der Waals surface area contributed by atoms with Crippen LogP contribution in [0.1, 0.15) is 73.6 Å². The predicted octanol–water partition coefficient (Wildman–Crippen LogP) is 8.23. The number of rotatable bonds is 6. The average Bonchev–Trinajstić information content (AvgIpc) is 3.50. The second-order valence-electron chi connectivity index (χ2n) is 10.5. The zero-order chi connectivity index (χ0) is 24.5. The summed E-state index contributed by atoms with van der Waals surface area (Å²) in [4.78, 5) is 8.99. The highest BCUT2D eigenvalue weighted by atomic mass is 35.5. The number of thiazole rings is 1. The monoisotopic (exact) mass is 543 g/mol. The summed E-state index contributed by atoms with van der Waals surface area (Å²) in [6.07, 6.45) is 11.4. The maximum Gasteiger partial charge on any atom is 0.145 e. The number of hydrogen-bond acceptors (Lipinski definition) is 6. The lowest BCUT2D eigenvalue weighted by molar-refractivity contribution is -0.127. The van der Waals surface area contributed by atoms with Crippen LogP contribution in [0.2, 0.25) is 10.0 Å². The number of fused-ring (bicyclic) bond motifs is 4. The van der Waals surface area contributed by atoms with Crippen LogP contribution in [0.15, 0.2) is 35.1 Å². The van der Waals surface area contributed by atoms with Gasteiger partial charge in [0.25, 0.3) is 0 Å². The molecule has 3 heterocycles. The Morgan fingerprint density at radius 2 is 1.78 bits per heavy atom. The number of pyridine rings is 1. The summed E-state index contributed by atoms with van der Waals surface area (Å²) in [5.41, 5.74) is 3.08. The van der Waals surface area contributed by atoms with Crippen LogP contribution in [0.4, 0.5) is 4.39 Å². The van der Waals surface area contributed by atoms with Gasteiger partial charge in [-0.3, -0.25) is 4.98 Å². The fraction of sp³-hybridized carbons (Fsp3) is 0.444. The Balaban J connectivity index is 1.13. The molecule has 0 aliphatic heterocycles. The van der Waals surface area contributed by atoms with E-state index in [9.17, 15) is 4.39 Å². The highest BCUT2D eigenvalue weighted by molar-refractivity contribution is 7.18. The predicted molar refractivity (Wildman–Crippen MR) is 138 cm³/mol. The van der Waals surface area contributed by atoms with Crippen molar-refractivity contribution in [2.45, 2.75) is 74.9 Å². The number of halogens is 3. The molecule has 0 saturated heterocycles. The molecule has 5 nitrogen and oxygen atoms in total. The molecule has 0 amide bonds. The summed E-state index contributed by atoms with van der Waals surface area (Å²) < 4.78 is 27.2. The number of nitrogens with zero attached hydrogens (tertiary/aromatic N) is 3. The second kappa shape index (κ2) is 8.48. The third kappa shape index (κ3) is 3.78. The second-order valence-corrected chi connectivity index (χ2v) is 12.4. The minimum Gasteiger partial charge on any atom is -0.370 e. The lowest BCUT2D eigenvalue weighted by atomic mass is 9.59. The van der Waals surface area contributed by atoms with Crippen molar-refractivity contribution < 1.29 is 13.7 Å². The molecule has 186 valence electrons. The van der Waals surface area contributed by atoms with Crippen molar-refractivity contribution in [3.63, 3.8) is 0 Å². The molecule has 0 atom stereocenters. The normalized spacial score (nSPS) is 25.6. The van der Waals surface area contributed by atoms with E-state index in [1.807, 2.05) is 0 Å². The first-order chi connectivity index (χ1) is 17.5. The van der Waals surface area contributed by atoms with Crippen molar-refractivity contribution in [1.29, 1.82) is 0 Å². The van der Waals surface area contributed by atoms with Gasteiger partial charge in [-0.15, -0.1) is 11.3 Å². The van der Waals surface area contributed by atoms with E-state index in [0.29, 0.717) is 33.8 Å².